The first-order valence-electron chi connectivity index (χ1n) is 19.9. The zero-order valence-electron chi connectivity index (χ0n) is 33.6. The number of anilines is 5. The van der Waals surface area contributed by atoms with Crippen LogP contribution in [-0.2, 0) is 31.2 Å². The molecule has 0 spiro atoms. The molecule has 2 N–H and O–H groups in total. The van der Waals surface area contributed by atoms with Gasteiger partial charge in [0.1, 0.15) is 11.5 Å². The summed E-state index contributed by atoms with van der Waals surface area (Å²) in [4.78, 5) is 58.8. The first kappa shape index (κ1) is 37.6. The summed E-state index contributed by atoms with van der Waals surface area (Å²) in [6, 6.07) is 10.5. The first-order valence-corrected chi connectivity index (χ1v) is 19.9. The Kier molecular flexibility index (Phi) is 9.86. The summed E-state index contributed by atoms with van der Waals surface area (Å²) in [6.07, 6.45) is 8.71. The molecular weight excluding hydrogens is 705 g/mol. The maximum atomic E-state index is 13.9. The molecule has 8 rings (SSSR count). The molecular formula is C43H54N10O3. The van der Waals surface area contributed by atoms with E-state index in [0.29, 0.717) is 47.7 Å². The Balaban J connectivity index is 1.05. The highest BCUT2D eigenvalue weighted by Crippen LogP contribution is 2.40. The lowest BCUT2D eigenvalue weighted by Crippen LogP contribution is -2.54. The average Bonchev–Trinajstić information content (AvgIpc) is 3.66. The number of pyridine rings is 1. The summed E-state index contributed by atoms with van der Waals surface area (Å²) in [5, 5.41) is 6.27. The van der Waals surface area contributed by atoms with E-state index in [1.807, 2.05) is 31.2 Å². The third kappa shape index (κ3) is 7.02. The Morgan fingerprint density at radius 1 is 1.00 bits per heavy atom. The van der Waals surface area contributed by atoms with Crippen molar-refractivity contribution in [2.24, 2.45) is 12.5 Å². The minimum absolute atomic E-state index is 0.0522. The van der Waals surface area contributed by atoms with E-state index in [4.69, 9.17) is 4.98 Å². The van der Waals surface area contributed by atoms with Crippen LogP contribution in [-0.4, -0.2) is 99.1 Å². The number of rotatable bonds is 8. The Morgan fingerprint density at radius 2 is 1.79 bits per heavy atom. The summed E-state index contributed by atoms with van der Waals surface area (Å²) in [5.74, 6) is 0.369. The number of aryl methyl sites for hydroxylation is 1. The molecule has 294 valence electrons. The largest absolute Gasteiger partial charge is 0.367 e. The summed E-state index contributed by atoms with van der Waals surface area (Å²) in [7, 11) is 3.88. The fourth-order valence-electron chi connectivity index (χ4n) is 9.31. The molecule has 2 atom stereocenters. The summed E-state index contributed by atoms with van der Waals surface area (Å²) in [5.41, 5.74) is 7.50. The number of fused-ring (bicyclic) bond motifs is 3. The van der Waals surface area contributed by atoms with Crippen molar-refractivity contribution in [3.63, 3.8) is 0 Å². The minimum atomic E-state index is -0.309. The van der Waals surface area contributed by atoms with Crippen LogP contribution in [0.25, 0.3) is 11.3 Å². The van der Waals surface area contributed by atoms with Gasteiger partial charge in [-0.1, -0.05) is 20.4 Å². The van der Waals surface area contributed by atoms with Crippen LogP contribution in [0.1, 0.15) is 60.9 Å². The number of likely N-dealkylation sites (N-methyl/N-ethyl adjacent to an activating group) is 1. The highest BCUT2D eigenvalue weighted by Gasteiger charge is 2.38. The number of piperidine rings is 1. The number of piperazine rings is 1. The number of amides is 2. The van der Waals surface area contributed by atoms with E-state index in [1.54, 1.807) is 24.3 Å². The van der Waals surface area contributed by atoms with Gasteiger partial charge >= 0.3 is 0 Å². The number of carbonyl (C=O) groups is 2. The van der Waals surface area contributed by atoms with Gasteiger partial charge in [-0.2, -0.15) is 0 Å². The molecule has 0 saturated carbocycles. The predicted octanol–water partition coefficient (Wildman–Crippen LogP) is 5.21. The van der Waals surface area contributed by atoms with E-state index < -0.39 is 0 Å². The number of nitrogens with one attached hydrogen (secondary N) is 2. The van der Waals surface area contributed by atoms with Crippen LogP contribution in [0.2, 0.25) is 0 Å². The smallest absolute Gasteiger partial charge is 0.293 e. The maximum Gasteiger partial charge on any atom is 0.293 e. The van der Waals surface area contributed by atoms with Gasteiger partial charge in [-0.15, -0.1) is 0 Å². The molecule has 3 aliphatic heterocycles. The van der Waals surface area contributed by atoms with Crippen LogP contribution in [0.15, 0.2) is 60.2 Å². The molecule has 2 fully saturated rings. The molecule has 1 unspecified atom stereocenters. The molecule has 3 aromatic heterocycles. The monoisotopic (exact) mass is 758 g/mol. The van der Waals surface area contributed by atoms with Gasteiger partial charge < -0.3 is 29.6 Å². The standard InChI is InChI=1S/C43H54N10O3/c1-8-38(54)46-33-23-30(9-10-35(33)51-14-12-31(21-27(51)2)50-17-15-48(6)16-18-50)45-39-42(56)49(7)26-34(47-39)32-11-13-44-40(28(32)3)53-20-19-52-36(41(53)55)22-29-24-43(4,5)25-37(29)52/h8-11,13,22-23,26-27,31H,1,12,14-21,24-25H2,2-7H3,(H,45,47)(H,46,54)/t27-,31?/m0/s1. The fraction of sp³-hybridized carbons (Fsp3) is 0.465. The molecule has 6 heterocycles. The van der Waals surface area contributed by atoms with Gasteiger partial charge in [0.05, 0.1) is 17.1 Å². The molecule has 4 aromatic rings. The second-order valence-electron chi connectivity index (χ2n) is 16.9. The van der Waals surface area contributed by atoms with Crippen molar-refractivity contribution in [1.29, 1.82) is 0 Å². The van der Waals surface area contributed by atoms with Crippen LogP contribution >= 0.6 is 0 Å². The molecule has 2 amide bonds. The lowest BCUT2D eigenvalue weighted by atomic mass is 9.90. The molecule has 13 nitrogen and oxygen atoms in total. The Labute approximate surface area is 329 Å². The van der Waals surface area contributed by atoms with Gasteiger partial charge in [0.15, 0.2) is 5.82 Å². The van der Waals surface area contributed by atoms with Gasteiger partial charge in [-0.05, 0) is 94.0 Å². The lowest BCUT2D eigenvalue weighted by Gasteiger charge is -2.46. The van der Waals surface area contributed by atoms with Gasteiger partial charge in [-0.25, -0.2) is 9.97 Å². The van der Waals surface area contributed by atoms with E-state index in [1.165, 1.54) is 21.9 Å². The normalized spacial score (nSPS) is 21.1. The summed E-state index contributed by atoms with van der Waals surface area (Å²) >= 11 is 0. The number of nitrogens with zero attached hydrogens (tertiary/aromatic N) is 8. The van der Waals surface area contributed by atoms with Crippen LogP contribution in [0, 0.1) is 12.3 Å². The van der Waals surface area contributed by atoms with Crippen molar-refractivity contribution in [3.05, 3.63) is 88.2 Å². The van der Waals surface area contributed by atoms with Crippen LogP contribution in [0.5, 0.6) is 0 Å². The maximum absolute atomic E-state index is 13.9. The van der Waals surface area contributed by atoms with Crippen molar-refractivity contribution in [1.82, 2.24) is 28.9 Å². The van der Waals surface area contributed by atoms with Crippen molar-refractivity contribution >= 4 is 40.5 Å². The lowest BCUT2D eigenvalue weighted by molar-refractivity contribution is -0.111. The second kappa shape index (κ2) is 14.7. The Hall–Kier alpha value is -5.27. The molecule has 0 bridgehead atoms. The minimum Gasteiger partial charge on any atom is -0.367 e. The van der Waals surface area contributed by atoms with Crippen molar-refractivity contribution in [3.8, 4) is 11.3 Å². The van der Waals surface area contributed by atoms with Crippen LogP contribution < -0.4 is 26.0 Å². The predicted molar refractivity (Wildman–Crippen MR) is 222 cm³/mol. The molecule has 4 aliphatic rings. The molecule has 0 radical (unpaired) electrons. The van der Waals surface area contributed by atoms with E-state index in [2.05, 4.69) is 75.3 Å². The second-order valence-corrected chi connectivity index (χ2v) is 16.9. The van der Waals surface area contributed by atoms with Gasteiger partial charge in [0.2, 0.25) is 5.91 Å². The highest BCUT2D eigenvalue weighted by atomic mass is 16.2. The highest BCUT2D eigenvalue weighted by molar-refractivity contribution is 6.06. The van der Waals surface area contributed by atoms with E-state index in [9.17, 15) is 14.4 Å². The Bertz CT molecular complexity index is 2270. The topological polar surface area (TPSA) is 124 Å². The molecule has 2 saturated heterocycles. The molecule has 1 aliphatic carbocycles. The number of benzene rings is 1. The number of carbonyl (C=O) groups excluding carboxylic acids is 2. The van der Waals surface area contributed by atoms with Crippen LogP contribution in [0.4, 0.5) is 28.7 Å². The molecule has 1 aromatic carbocycles. The third-order valence-corrected chi connectivity index (χ3v) is 12.3. The molecule has 13 heteroatoms. The van der Waals surface area contributed by atoms with Gasteiger partial charge in [-0.3, -0.25) is 24.2 Å². The summed E-state index contributed by atoms with van der Waals surface area (Å²) < 4.78 is 3.71. The average molecular weight is 759 g/mol. The quantitative estimate of drug-likeness (QED) is 0.233. The number of hydrogen-bond acceptors (Lipinski definition) is 9. The van der Waals surface area contributed by atoms with Gasteiger partial charge in [0.25, 0.3) is 11.5 Å². The zero-order chi connectivity index (χ0) is 39.5. The van der Waals surface area contributed by atoms with Gasteiger partial charge in [0, 0.05) is 99.8 Å². The van der Waals surface area contributed by atoms with E-state index in [0.717, 1.165) is 75.2 Å². The zero-order valence-corrected chi connectivity index (χ0v) is 33.6. The van der Waals surface area contributed by atoms with Crippen molar-refractivity contribution in [2.75, 3.05) is 66.7 Å². The molecule has 56 heavy (non-hydrogen) atoms. The van der Waals surface area contributed by atoms with Crippen molar-refractivity contribution in [2.45, 2.75) is 72.0 Å². The first-order chi connectivity index (χ1) is 26.8. The summed E-state index contributed by atoms with van der Waals surface area (Å²) in [6.45, 7) is 18.9. The van der Waals surface area contributed by atoms with E-state index in [-0.39, 0.29) is 34.6 Å². The SMILES string of the molecule is C=CC(=O)Nc1cc(Nc2nc(-c3ccnc(N4CCn5c(cc6c5CC(C)(C)C6)C4=O)c3C)cn(C)c2=O)ccc1N1CCC(N2CCN(C)CC2)C[C@@H]1C. The number of hydrogen-bond donors (Lipinski definition) is 2. The van der Waals surface area contributed by atoms with Crippen molar-refractivity contribution < 1.29 is 9.59 Å². The number of aromatic nitrogens is 4. The van der Waals surface area contributed by atoms with E-state index >= 15 is 0 Å². The fourth-order valence-corrected chi connectivity index (χ4v) is 9.31. The third-order valence-electron chi connectivity index (χ3n) is 12.3. The Morgan fingerprint density at radius 3 is 2.54 bits per heavy atom. The van der Waals surface area contributed by atoms with Crippen LogP contribution in [0.3, 0.4) is 0 Å².